The summed E-state index contributed by atoms with van der Waals surface area (Å²) in [4.78, 5) is 14.6. The third-order valence-corrected chi connectivity index (χ3v) is 5.02. The lowest BCUT2D eigenvalue weighted by Crippen LogP contribution is -2.52. The molecule has 0 bridgehead atoms. The lowest BCUT2D eigenvalue weighted by Gasteiger charge is -2.40. The second-order valence-electron chi connectivity index (χ2n) is 7.44. The summed E-state index contributed by atoms with van der Waals surface area (Å²) in [6.07, 6.45) is 2.28. The normalized spacial score (nSPS) is 19.2. The molecule has 3 rings (SSSR count). The van der Waals surface area contributed by atoms with E-state index in [2.05, 4.69) is 18.7 Å². The molecule has 4 nitrogen and oxygen atoms in total. The lowest BCUT2D eigenvalue weighted by atomic mass is 9.94. The predicted octanol–water partition coefficient (Wildman–Crippen LogP) is 5.34. The molecule has 0 spiro atoms. The molecule has 28 heavy (non-hydrogen) atoms. The summed E-state index contributed by atoms with van der Waals surface area (Å²) < 4.78 is 11.8. The maximum atomic E-state index is 12.8. The number of nitrogens with zero attached hydrogens (tertiary/aromatic N) is 1. The molecule has 2 aromatic carbocycles. The summed E-state index contributed by atoms with van der Waals surface area (Å²) in [5, 5.41) is 0. The van der Waals surface area contributed by atoms with Gasteiger partial charge in [0.05, 0.1) is 18.8 Å². The van der Waals surface area contributed by atoms with Crippen LogP contribution in [0.3, 0.4) is 0 Å². The van der Waals surface area contributed by atoms with Crippen LogP contribution in [0.1, 0.15) is 37.3 Å². The van der Waals surface area contributed by atoms with Gasteiger partial charge in [0, 0.05) is 6.54 Å². The average Bonchev–Trinajstić information content (AvgIpc) is 2.72. The molecule has 4 heteroatoms. The topological polar surface area (TPSA) is 38.8 Å². The van der Waals surface area contributed by atoms with Crippen LogP contribution >= 0.6 is 0 Å². The van der Waals surface area contributed by atoms with E-state index in [-0.39, 0.29) is 24.8 Å². The van der Waals surface area contributed by atoms with Gasteiger partial charge in [0.25, 0.3) is 0 Å². The molecule has 0 aliphatic carbocycles. The van der Waals surface area contributed by atoms with Crippen LogP contribution in [0.25, 0.3) is 0 Å². The first-order valence-electron chi connectivity index (χ1n) is 9.90. The lowest BCUT2D eigenvalue weighted by molar-refractivity contribution is -0.0483. The van der Waals surface area contributed by atoms with Crippen LogP contribution in [0.15, 0.2) is 72.8 Å². The Balaban J connectivity index is 1.64. The number of benzene rings is 2. The van der Waals surface area contributed by atoms with Crippen molar-refractivity contribution >= 4 is 6.09 Å². The van der Waals surface area contributed by atoms with Gasteiger partial charge in [0.1, 0.15) is 6.61 Å². The fraction of sp³-hybridized carbons (Fsp3) is 0.375. The minimum Gasteiger partial charge on any atom is -0.445 e. The van der Waals surface area contributed by atoms with Crippen molar-refractivity contribution in [1.29, 1.82) is 0 Å². The highest BCUT2D eigenvalue weighted by atomic mass is 16.6. The Morgan fingerprint density at radius 1 is 1.04 bits per heavy atom. The molecule has 1 heterocycles. The van der Waals surface area contributed by atoms with Gasteiger partial charge >= 0.3 is 6.09 Å². The molecule has 2 atom stereocenters. The van der Waals surface area contributed by atoms with E-state index in [1.165, 1.54) is 0 Å². The van der Waals surface area contributed by atoms with E-state index in [4.69, 9.17) is 9.47 Å². The highest BCUT2D eigenvalue weighted by Gasteiger charge is 2.35. The summed E-state index contributed by atoms with van der Waals surface area (Å²) in [7, 11) is 0. The number of ether oxygens (including phenoxy) is 2. The highest BCUT2D eigenvalue weighted by molar-refractivity contribution is 5.68. The van der Waals surface area contributed by atoms with E-state index in [1.807, 2.05) is 60.4 Å². The number of piperidine rings is 1. The van der Waals surface area contributed by atoms with E-state index in [0.29, 0.717) is 13.2 Å². The summed E-state index contributed by atoms with van der Waals surface area (Å²) in [5.74, 6) is 0. The van der Waals surface area contributed by atoms with Gasteiger partial charge in [-0.15, -0.1) is 6.58 Å². The van der Waals surface area contributed by atoms with Gasteiger partial charge < -0.3 is 14.4 Å². The third kappa shape index (κ3) is 5.70. The molecule has 1 fully saturated rings. The van der Waals surface area contributed by atoms with Crippen LogP contribution in [-0.4, -0.2) is 29.7 Å². The highest BCUT2D eigenvalue weighted by Crippen LogP contribution is 2.27. The predicted molar refractivity (Wildman–Crippen MR) is 111 cm³/mol. The molecular weight excluding hydrogens is 350 g/mol. The first kappa shape index (κ1) is 20.2. The molecule has 0 saturated carbocycles. The van der Waals surface area contributed by atoms with Gasteiger partial charge in [-0.1, -0.05) is 66.2 Å². The van der Waals surface area contributed by atoms with Gasteiger partial charge in [-0.25, -0.2) is 4.79 Å². The molecule has 0 radical (unpaired) electrons. The molecule has 1 saturated heterocycles. The van der Waals surface area contributed by atoms with Crippen molar-refractivity contribution in [2.75, 3.05) is 6.54 Å². The number of hydrogen-bond acceptors (Lipinski definition) is 3. The molecule has 2 aromatic rings. The Hall–Kier alpha value is -2.59. The SMILES string of the molecule is C=C(C)C[C@@H]1[C@@H](OCc2ccccc2)CCCN1C(=O)OCc1ccccc1. The van der Waals surface area contributed by atoms with Crippen molar-refractivity contribution in [3.63, 3.8) is 0 Å². The molecule has 0 unspecified atom stereocenters. The van der Waals surface area contributed by atoms with Crippen LogP contribution in [0, 0.1) is 0 Å². The molecule has 1 amide bonds. The van der Waals surface area contributed by atoms with Crippen LogP contribution in [0.2, 0.25) is 0 Å². The van der Waals surface area contributed by atoms with Gasteiger partial charge in [-0.3, -0.25) is 0 Å². The maximum absolute atomic E-state index is 12.8. The summed E-state index contributed by atoms with van der Waals surface area (Å²) in [5.41, 5.74) is 3.17. The van der Waals surface area contributed by atoms with Crippen molar-refractivity contribution in [1.82, 2.24) is 4.90 Å². The standard InChI is InChI=1S/C24H29NO3/c1-19(2)16-22-23(27-17-20-10-5-3-6-11-20)14-9-15-25(22)24(26)28-18-21-12-7-4-8-13-21/h3-8,10-13,22-23H,1,9,14-18H2,2H3/t22-,23+/m1/s1. The quantitative estimate of drug-likeness (QED) is 0.610. The monoisotopic (exact) mass is 379 g/mol. The number of hydrogen-bond donors (Lipinski definition) is 0. The van der Waals surface area contributed by atoms with Gasteiger partial charge in [-0.2, -0.15) is 0 Å². The van der Waals surface area contributed by atoms with Crippen LogP contribution in [-0.2, 0) is 22.7 Å². The molecule has 1 aliphatic heterocycles. The Kier molecular flexibility index (Phi) is 7.26. The number of carbonyl (C=O) groups excluding carboxylic acids is 1. The zero-order chi connectivity index (χ0) is 19.8. The van der Waals surface area contributed by atoms with Crippen molar-refractivity contribution in [2.24, 2.45) is 0 Å². The van der Waals surface area contributed by atoms with Crippen LogP contribution < -0.4 is 0 Å². The number of carbonyl (C=O) groups is 1. The van der Waals surface area contributed by atoms with Crippen molar-refractivity contribution in [3.8, 4) is 0 Å². The van der Waals surface area contributed by atoms with Crippen molar-refractivity contribution in [2.45, 2.75) is 51.5 Å². The summed E-state index contributed by atoms with van der Waals surface area (Å²) in [6, 6.07) is 19.9. The minimum atomic E-state index is -0.275. The maximum Gasteiger partial charge on any atom is 0.410 e. The molecule has 0 N–H and O–H groups in total. The minimum absolute atomic E-state index is 0.0186. The largest absolute Gasteiger partial charge is 0.445 e. The Morgan fingerprint density at radius 3 is 2.25 bits per heavy atom. The zero-order valence-corrected chi connectivity index (χ0v) is 16.5. The zero-order valence-electron chi connectivity index (χ0n) is 16.5. The third-order valence-electron chi connectivity index (χ3n) is 5.02. The van der Waals surface area contributed by atoms with E-state index in [9.17, 15) is 4.79 Å². The first-order chi connectivity index (χ1) is 13.6. The Labute approximate surface area is 167 Å². The molecule has 148 valence electrons. The molecular formula is C24H29NO3. The van der Waals surface area contributed by atoms with Crippen LogP contribution in [0.4, 0.5) is 4.79 Å². The first-order valence-corrected chi connectivity index (χ1v) is 9.90. The van der Waals surface area contributed by atoms with E-state index >= 15 is 0 Å². The average molecular weight is 380 g/mol. The number of likely N-dealkylation sites (tertiary alicyclic amines) is 1. The summed E-state index contributed by atoms with van der Waals surface area (Å²) >= 11 is 0. The number of rotatable bonds is 7. The van der Waals surface area contributed by atoms with Gasteiger partial charge in [-0.05, 0) is 37.3 Å². The fourth-order valence-electron chi connectivity index (χ4n) is 3.62. The van der Waals surface area contributed by atoms with E-state index < -0.39 is 0 Å². The number of amides is 1. The second-order valence-corrected chi connectivity index (χ2v) is 7.44. The fourth-order valence-corrected chi connectivity index (χ4v) is 3.62. The van der Waals surface area contributed by atoms with Crippen LogP contribution in [0.5, 0.6) is 0 Å². The van der Waals surface area contributed by atoms with Crippen molar-refractivity contribution in [3.05, 3.63) is 83.9 Å². The van der Waals surface area contributed by atoms with Gasteiger partial charge in [0.2, 0.25) is 0 Å². The molecule has 1 aliphatic rings. The van der Waals surface area contributed by atoms with Crippen molar-refractivity contribution < 1.29 is 14.3 Å². The van der Waals surface area contributed by atoms with Gasteiger partial charge in [0.15, 0.2) is 0 Å². The Morgan fingerprint density at radius 2 is 1.64 bits per heavy atom. The molecule has 0 aromatic heterocycles. The van der Waals surface area contributed by atoms with E-state index in [0.717, 1.165) is 36.0 Å². The van der Waals surface area contributed by atoms with E-state index in [1.54, 1.807) is 0 Å². The Bertz CT molecular complexity index is 760. The smallest absolute Gasteiger partial charge is 0.410 e. The second kappa shape index (κ2) is 10.1. The summed E-state index contributed by atoms with van der Waals surface area (Å²) in [6.45, 7) is 7.57.